The molecule has 6 heteroatoms. The minimum absolute atomic E-state index is 0.00348. The number of benzene rings is 2. The van der Waals surface area contributed by atoms with Crippen LogP contribution in [0.25, 0.3) is 0 Å². The van der Waals surface area contributed by atoms with E-state index < -0.39 is 4.92 Å². The van der Waals surface area contributed by atoms with Crippen LogP contribution in [0, 0.1) is 10.1 Å². The summed E-state index contributed by atoms with van der Waals surface area (Å²) in [5, 5.41) is 10.6. The molecule has 20 heavy (non-hydrogen) atoms. The van der Waals surface area contributed by atoms with Gasteiger partial charge in [-0.1, -0.05) is 27.7 Å². The van der Waals surface area contributed by atoms with Crippen LogP contribution in [0.4, 0.5) is 5.69 Å². The molecular weight excluding hydrogens is 342 g/mol. The molecule has 0 aromatic heterocycles. The molecule has 0 radical (unpaired) electrons. The summed E-state index contributed by atoms with van der Waals surface area (Å²) in [6, 6.07) is 11.8. The van der Waals surface area contributed by atoms with Gasteiger partial charge in [0.1, 0.15) is 0 Å². The maximum atomic E-state index is 11.3. The molecule has 0 saturated heterocycles. The minimum Gasteiger partial charge on any atom is -0.294 e. The number of carbonyl (C=O) groups excluding carboxylic acids is 1. The number of nitro groups is 1. The molecule has 2 aromatic carbocycles. The van der Waals surface area contributed by atoms with Gasteiger partial charge in [-0.2, -0.15) is 0 Å². The first-order valence-corrected chi connectivity index (χ1v) is 7.31. The molecule has 0 atom stereocenters. The lowest BCUT2D eigenvalue weighted by Crippen LogP contribution is -1.93. The van der Waals surface area contributed by atoms with Crippen molar-refractivity contribution in [3.8, 4) is 0 Å². The number of non-ortho nitro benzene ring substituents is 1. The first-order chi connectivity index (χ1) is 9.47. The van der Waals surface area contributed by atoms with E-state index in [-0.39, 0.29) is 11.5 Å². The van der Waals surface area contributed by atoms with Crippen LogP contribution in [0.5, 0.6) is 0 Å². The number of nitrogens with zero attached hydrogens (tertiary/aromatic N) is 1. The second-order valence-corrected chi connectivity index (χ2v) is 6.05. The molecule has 0 amide bonds. The van der Waals surface area contributed by atoms with E-state index in [4.69, 9.17) is 0 Å². The Kier molecular flexibility index (Phi) is 4.57. The number of nitro benzene ring substituents is 1. The van der Waals surface area contributed by atoms with Crippen LogP contribution in [-0.4, -0.2) is 10.7 Å². The van der Waals surface area contributed by atoms with Gasteiger partial charge in [0.2, 0.25) is 0 Å². The van der Waals surface area contributed by atoms with Crippen LogP contribution < -0.4 is 0 Å². The Morgan fingerprint density at radius 1 is 1.15 bits per heavy atom. The number of ketones is 1. The van der Waals surface area contributed by atoms with E-state index in [1.807, 2.05) is 12.1 Å². The van der Waals surface area contributed by atoms with Gasteiger partial charge in [-0.05, 0) is 37.3 Å². The van der Waals surface area contributed by atoms with E-state index in [2.05, 4.69) is 15.9 Å². The van der Waals surface area contributed by atoms with Crippen molar-refractivity contribution in [2.45, 2.75) is 16.7 Å². The second kappa shape index (κ2) is 6.19. The summed E-state index contributed by atoms with van der Waals surface area (Å²) in [7, 11) is 0. The predicted octanol–water partition coefficient (Wildman–Crippen LogP) is 4.71. The van der Waals surface area contributed by atoms with Gasteiger partial charge in [0.05, 0.1) is 4.92 Å². The minimum atomic E-state index is -0.424. The molecule has 0 heterocycles. The van der Waals surface area contributed by atoms with Crippen molar-refractivity contribution >= 4 is 39.2 Å². The third-order valence-electron chi connectivity index (χ3n) is 2.60. The summed E-state index contributed by atoms with van der Waals surface area (Å²) in [6.45, 7) is 1.52. The molecular formula is C14H10BrNO3S. The summed E-state index contributed by atoms with van der Waals surface area (Å²) in [6.07, 6.45) is 0. The Hall–Kier alpha value is -1.66. The zero-order chi connectivity index (χ0) is 14.7. The number of hydrogen-bond acceptors (Lipinski definition) is 4. The first kappa shape index (κ1) is 14.7. The summed E-state index contributed by atoms with van der Waals surface area (Å²) < 4.78 is 0.747. The summed E-state index contributed by atoms with van der Waals surface area (Å²) in [4.78, 5) is 23.3. The number of Topliss-reactive ketones (excluding diaryl/α,β-unsaturated/α-hetero) is 1. The average Bonchev–Trinajstić information content (AvgIpc) is 2.39. The molecule has 0 N–H and O–H groups in total. The fourth-order valence-corrected chi connectivity index (χ4v) is 3.28. The van der Waals surface area contributed by atoms with Crippen LogP contribution in [0.15, 0.2) is 56.7 Å². The molecule has 0 saturated carbocycles. The molecule has 0 aliphatic carbocycles. The van der Waals surface area contributed by atoms with Gasteiger partial charge >= 0.3 is 0 Å². The van der Waals surface area contributed by atoms with Gasteiger partial charge in [-0.15, -0.1) is 0 Å². The molecule has 0 unspecified atom stereocenters. The molecule has 2 aromatic rings. The van der Waals surface area contributed by atoms with Crippen LogP contribution in [0.3, 0.4) is 0 Å². The Balaban J connectivity index is 2.19. The van der Waals surface area contributed by atoms with Crippen molar-refractivity contribution in [1.82, 2.24) is 0 Å². The normalized spacial score (nSPS) is 10.3. The fraction of sp³-hybridized carbons (Fsp3) is 0.0714. The van der Waals surface area contributed by atoms with Gasteiger partial charge in [0, 0.05) is 32.0 Å². The highest BCUT2D eigenvalue weighted by atomic mass is 79.9. The SMILES string of the molecule is CC(=O)c1ccc(Sc2ccc([N+](=O)[O-])cc2)cc1Br. The summed E-state index contributed by atoms with van der Waals surface area (Å²) in [5.74, 6) is 0.00348. The van der Waals surface area contributed by atoms with Crippen molar-refractivity contribution in [3.05, 3.63) is 62.6 Å². The Morgan fingerprint density at radius 3 is 2.25 bits per heavy atom. The molecule has 0 spiro atoms. The molecule has 102 valence electrons. The standard InChI is InChI=1S/C14H10BrNO3S/c1-9(17)13-7-6-12(8-14(13)15)20-11-4-2-10(3-5-11)16(18)19/h2-8H,1H3. The maximum absolute atomic E-state index is 11.3. The number of carbonyl (C=O) groups is 1. The molecule has 0 aliphatic heterocycles. The van der Waals surface area contributed by atoms with Crippen molar-refractivity contribution in [2.24, 2.45) is 0 Å². The number of rotatable bonds is 4. The van der Waals surface area contributed by atoms with Gasteiger partial charge in [0.15, 0.2) is 5.78 Å². The first-order valence-electron chi connectivity index (χ1n) is 5.70. The fourth-order valence-electron chi connectivity index (χ4n) is 1.62. The second-order valence-electron chi connectivity index (χ2n) is 4.05. The third kappa shape index (κ3) is 3.46. The van der Waals surface area contributed by atoms with E-state index in [0.29, 0.717) is 5.56 Å². The molecule has 0 bridgehead atoms. The predicted molar refractivity (Wildman–Crippen MR) is 81.4 cm³/mol. The average molecular weight is 352 g/mol. The van der Waals surface area contributed by atoms with E-state index >= 15 is 0 Å². The van der Waals surface area contributed by atoms with Crippen molar-refractivity contribution in [2.75, 3.05) is 0 Å². The van der Waals surface area contributed by atoms with Crippen LogP contribution in [0.1, 0.15) is 17.3 Å². The largest absolute Gasteiger partial charge is 0.294 e. The lowest BCUT2D eigenvalue weighted by molar-refractivity contribution is -0.384. The van der Waals surface area contributed by atoms with Gasteiger partial charge < -0.3 is 0 Å². The van der Waals surface area contributed by atoms with E-state index in [1.54, 1.807) is 18.2 Å². The molecule has 0 aliphatic rings. The summed E-state index contributed by atoms with van der Waals surface area (Å²) >= 11 is 4.85. The molecule has 2 rings (SSSR count). The van der Waals surface area contributed by atoms with E-state index in [1.165, 1.54) is 30.8 Å². The lowest BCUT2D eigenvalue weighted by atomic mass is 10.2. The van der Waals surface area contributed by atoms with E-state index in [0.717, 1.165) is 14.3 Å². The highest BCUT2D eigenvalue weighted by Gasteiger charge is 2.08. The maximum Gasteiger partial charge on any atom is 0.269 e. The molecule has 4 nitrogen and oxygen atoms in total. The Morgan fingerprint density at radius 2 is 1.75 bits per heavy atom. The van der Waals surface area contributed by atoms with Crippen LogP contribution in [0.2, 0.25) is 0 Å². The Labute approximate surface area is 128 Å². The van der Waals surface area contributed by atoms with Gasteiger partial charge in [-0.3, -0.25) is 14.9 Å². The third-order valence-corrected chi connectivity index (χ3v) is 4.26. The topological polar surface area (TPSA) is 60.2 Å². The monoisotopic (exact) mass is 351 g/mol. The van der Waals surface area contributed by atoms with Crippen molar-refractivity contribution < 1.29 is 9.72 Å². The zero-order valence-electron chi connectivity index (χ0n) is 10.5. The van der Waals surface area contributed by atoms with E-state index in [9.17, 15) is 14.9 Å². The zero-order valence-corrected chi connectivity index (χ0v) is 12.9. The van der Waals surface area contributed by atoms with Crippen molar-refractivity contribution in [3.63, 3.8) is 0 Å². The number of hydrogen-bond donors (Lipinski definition) is 0. The quantitative estimate of drug-likeness (QED) is 0.454. The van der Waals surface area contributed by atoms with Crippen LogP contribution in [-0.2, 0) is 0 Å². The lowest BCUT2D eigenvalue weighted by Gasteiger charge is -2.05. The van der Waals surface area contributed by atoms with Gasteiger partial charge in [-0.25, -0.2) is 0 Å². The Bertz CT molecular complexity index is 671. The number of halogens is 1. The van der Waals surface area contributed by atoms with Gasteiger partial charge in [0.25, 0.3) is 5.69 Å². The highest BCUT2D eigenvalue weighted by molar-refractivity contribution is 9.10. The molecule has 0 fully saturated rings. The highest BCUT2D eigenvalue weighted by Crippen LogP contribution is 2.32. The van der Waals surface area contributed by atoms with Crippen LogP contribution >= 0.6 is 27.7 Å². The van der Waals surface area contributed by atoms with Crippen molar-refractivity contribution in [1.29, 1.82) is 0 Å². The summed E-state index contributed by atoms with van der Waals surface area (Å²) in [5.41, 5.74) is 0.709. The smallest absolute Gasteiger partial charge is 0.269 e.